The third-order valence-corrected chi connectivity index (χ3v) is 7.18. The Balaban J connectivity index is 1.32. The van der Waals surface area contributed by atoms with Gasteiger partial charge in [-0.2, -0.15) is 9.78 Å². The molecule has 1 atom stereocenters. The van der Waals surface area contributed by atoms with Crippen LogP contribution in [0.15, 0.2) is 54.7 Å². The van der Waals surface area contributed by atoms with Gasteiger partial charge in [0.15, 0.2) is 0 Å². The number of ether oxygens (including phenoxy) is 1. The molecule has 31 heavy (non-hydrogen) atoms. The molecule has 1 N–H and O–H groups in total. The standard InChI is InChI=1S/C24H22N4O2S/c29-22-13-18(15-9-11-17(12-10-15)30-16-5-1-2-6-16)19-14-25-28(23(19)27-22)24-26-20-7-3-4-8-21(20)31-24/h3-4,7-12,14,16,18H,1-2,5-6,13H2,(H,27,29). The molecule has 1 fully saturated rings. The summed E-state index contributed by atoms with van der Waals surface area (Å²) in [6.07, 6.45) is 7.38. The summed E-state index contributed by atoms with van der Waals surface area (Å²) in [6.45, 7) is 0. The molecule has 6 nitrogen and oxygen atoms in total. The van der Waals surface area contributed by atoms with Gasteiger partial charge in [0.1, 0.15) is 11.6 Å². The smallest absolute Gasteiger partial charge is 0.226 e. The van der Waals surface area contributed by atoms with E-state index in [1.807, 2.05) is 42.6 Å². The first-order valence-electron chi connectivity index (χ1n) is 10.7. The lowest BCUT2D eigenvalue weighted by atomic mass is 9.87. The maximum absolute atomic E-state index is 12.6. The predicted octanol–water partition coefficient (Wildman–Crippen LogP) is 5.28. The number of anilines is 1. The second-order valence-electron chi connectivity index (χ2n) is 8.22. The van der Waals surface area contributed by atoms with Gasteiger partial charge in [-0.15, -0.1) is 0 Å². The number of carbonyl (C=O) groups excluding carboxylic acids is 1. The number of thiazole rings is 1. The Morgan fingerprint density at radius 1 is 1.06 bits per heavy atom. The molecule has 2 aromatic heterocycles. The lowest BCUT2D eigenvalue weighted by molar-refractivity contribution is -0.116. The number of nitrogens with one attached hydrogen (secondary N) is 1. The average Bonchev–Trinajstić information content (AvgIpc) is 3.53. The highest BCUT2D eigenvalue weighted by atomic mass is 32.1. The second-order valence-corrected chi connectivity index (χ2v) is 9.23. The molecule has 0 radical (unpaired) electrons. The molecule has 7 heteroatoms. The fourth-order valence-electron chi connectivity index (χ4n) is 4.59. The molecule has 1 aliphatic carbocycles. The van der Waals surface area contributed by atoms with Crippen LogP contribution in [0.1, 0.15) is 49.1 Å². The zero-order valence-electron chi connectivity index (χ0n) is 17.0. The Kier molecular flexibility index (Phi) is 4.49. The van der Waals surface area contributed by atoms with Gasteiger partial charge in [-0.3, -0.25) is 4.79 Å². The van der Waals surface area contributed by atoms with E-state index < -0.39 is 0 Å². The van der Waals surface area contributed by atoms with Crippen LogP contribution in [0.3, 0.4) is 0 Å². The van der Waals surface area contributed by atoms with Crippen molar-refractivity contribution in [2.45, 2.75) is 44.1 Å². The fourth-order valence-corrected chi connectivity index (χ4v) is 5.52. The normalized spacial score (nSPS) is 18.8. The van der Waals surface area contributed by atoms with Crippen LogP contribution in [0, 0.1) is 0 Å². The number of fused-ring (bicyclic) bond motifs is 2. The van der Waals surface area contributed by atoms with E-state index in [-0.39, 0.29) is 11.8 Å². The molecule has 6 rings (SSSR count). The van der Waals surface area contributed by atoms with Crippen LogP contribution in [-0.2, 0) is 4.79 Å². The van der Waals surface area contributed by atoms with Crippen molar-refractivity contribution in [2.75, 3.05) is 5.32 Å². The van der Waals surface area contributed by atoms with Crippen molar-refractivity contribution in [1.29, 1.82) is 0 Å². The van der Waals surface area contributed by atoms with Gasteiger partial charge < -0.3 is 10.1 Å². The molecule has 1 amide bonds. The summed E-state index contributed by atoms with van der Waals surface area (Å²) in [5, 5.41) is 8.35. The van der Waals surface area contributed by atoms with Gasteiger partial charge >= 0.3 is 0 Å². The molecular weight excluding hydrogens is 408 g/mol. The lowest BCUT2D eigenvalue weighted by Gasteiger charge is -2.23. The first-order valence-corrected chi connectivity index (χ1v) is 11.6. The van der Waals surface area contributed by atoms with Crippen LogP contribution >= 0.6 is 11.3 Å². The number of amides is 1. The maximum Gasteiger partial charge on any atom is 0.226 e. The van der Waals surface area contributed by atoms with Crippen LogP contribution in [0.2, 0.25) is 0 Å². The Morgan fingerprint density at radius 3 is 2.68 bits per heavy atom. The first kappa shape index (κ1) is 18.6. The van der Waals surface area contributed by atoms with Gasteiger partial charge in [0, 0.05) is 17.9 Å². The van der Waals surface area contributed by atoms with Crippen LogP contribution in [-0.4, -0.2) is 26.8 Å². The van der Waals surface area contributed by atoms with Gasteiger partial charge in [-0.25, -0.2) is 4.98 Å². The molecule has 156 valence electrons. The largest absolute Gasteiger partial charge is 0.490 e. The lowest BCUT2D eigenvalue weighted by Crippen LogP contribution is -2.24. The molecule has 4 aromatic rings. The monoisotopic (exact) mass is 430 g/mol. The van der Waals surface area contributed by atoms with Crippen molar-refractivity contribution in [3.8, 4) is 10.9 Å². The van der Waals surface area contributed by atoms with E-state index in [2.05, 4.69) is 22.5 Å². The minimum atomic E-state index is -0.0348. The number of hydrogen-bond acceptors (Lipinski definition) is 5. The highest BCUT2D eigenvalue weighted by molar-refractivity contribution is 7.20. The summed E-state index contributed by atoms with van der Waals surface area (Å²) in [6, 6.07) is 16.2. The number of aromatic nitrogens is 3. The Labute approximate surface area is 183 Å². The third-order valence-electron chi connectivity index (χ3n) is 6.17. The molecule has 1 saturated carbocycles. The summed E-state index contributed by atoms with van der Waals surface area (Å²) in [5.74, 6) is 1.58. The highest BCUT2D eigenvalue weighted by Gasteiger charge is 2.31. The van der Waals surface area contributed by atoms with E-state index in [9.17, 15) is 4.79 Å². The van der Waals surface area contributed by atoms with Gasteiger partial charge in [0.25, 0.3) is 0 Å². The van der Waals surface area contributed by atoms with Crippen LogP contribution in [0.5, 0.6) is 5.75 Å². The minimum absolute atomic E-state index is 0.00774. The number of hydrogen-bond donors (Lipinski definition) is 1. The molecule has 0 spiro atoms. The average molecular weight is 431 g/mol. The summed E-state index contributed by atoms with van der Waals surface area (Å²) in [5.41, 5.74) is 3.05. The van der Waals surface area contributed by atoms with Crippen LogP contribution in [0.4, 0.5) is 5.82 Å². The number of carbonyl (C=O) groups is 1. The summed E-state index contributed by atoms with van der Waals surface area (Å²) >= 11 is 1.56. The topological polar surface area (TPSA) is 69.0 Å². The predicted molar refractivity (Wildman–Crippen MR) is 121 cm³/mol. The Bertz CT molecular complexity index is 1220. The second kappa shape index (κ2) is 7.50. The highest BCUT2D eigenvalue weighted by Crippen LogP contribution is 2.39. The van der Waals surface area contributed by atoms with Gasteiger partial charge in [0.05, 0.1) is 22.5 Å². The van der Waals surface area contributed by atoms with Gasteiger partial charge in [-0.05, 0) is 55.5 Å². The fraction of sp³-hybridized carbons (Fsp3) is 0.292. The van der Waals surface area contributed by atoms with Crippen molar-refractivity contribution in [1.82, 2.24) is 14.8 Å². The van der Waals surface area contributed by atoms with Crippen molar-refractivity contribution in [2.24, 2.45) is 0 Å². The number of para-hydroxylation sites is 1. The van der Waals surface area contributed by atoms with Crippen LogP contribution < -0.4 is 10.1 Å². The maximum atomic E-state index is 12.6. The van der Waals surface area contributed by atoms with E-state index in [4.69, 9.17) is 9.72 Å². The van der Waals surface area contributed by atoms with Crippen molar-refractivity contribution in [3.05, 3.63) is 65.9 Å². The molecule has 3 heterocycles. The number of benzene rings is 2. The number of nitrogens with zero attached hydrogens (tertiary/aromatic N) is 3. The molecule has 1 unspecified atom stereocenters. The summed E-state index contributed by atoms with van der Waals surface area (Å²) in [4.78, 5) is 17.3. The summed E-state index contributed by atoms with van der Waals surface area (Å²) < 4.78 is 8.94. The van der Waals surface area contributed by atoms with Crippen molar-refractivity contribution < 1.29 is 9.53 Å². The molecule has 0 saturated heterocycles. The number of rotatable bonds is 4. The minimum Gasteiger partial charge on any atom is -0.490 e. The molecular formula is C24H22N4O2S. The molecule has 1 aliphatic heterocycles. The first-order chi connectivity index (χ1) is 15.2. The Morgan fingerprint density at radius 2 is 1.87 bits per heavy atom. The third kappa shape index (κ3) is 3.39. The van der Waals surface area contributed by atoms with Gasteiger partial charge in [0.2, 0.25) is 11.0 Å². The van der Waals surface area contributed by atoms with E-state index in [0.29, 0.717) is 18.3 Å². The molecule has 2 aliphatic rings. The van der Waals surface area contributed by atoms with E-state index in [0.717, 1.165) is 45.1 Å². The van der Waals surface area contributed by atoms with E-state index in [1.54, 1.807) is 16.0 Å². The molecule has 0 bridgehead atoms. The zero-order chi connectivity index (χ0) is 20.8. The van der Waals surface area contributed by atoms with E-state index in [1.165, 1.54) is 12.8 Å². The Hall–Kier alpha value is -3.19. The van der Waals surface area contributed by atoms with Crippen LogP contribution in [0.25, 0.3) is 15.3 Å². The zero-order valence-corrected chi connectivity index (χ0v) is 17.8. The quantitative estimate of drug-likeness (QED) is 0.478. The SMILES string of the molecule is O=C1CC(c2ccc(OC3CCCC3)cc2)c2cnn(-c3nc4ccccc4s3)c2N1. The summed E-state index contributed by atoms with van der Waals surface area (Å²) in [7, 11) is 0. The van der Waals surface area contributed by atoms with Gasteiger partial charge in [-0.1, -0.05) is 35.6 Å². The van der Waals surface area contributed by atoms with E-state index >= 15 is 0 Å². The van der Waals surface area contributed by atoms with Crippen molar-refractivity contribution >= 4 is 33.3 Å². The van der Waals surface area contributed by atoms with Crippen molar-refractivity contribution in [3.63, 3.8) is 0 Å². The molecule has 2 aromatic carbocycles.